The number of aryl methyl sites for hydroxylation is 2. The highest BCUT2D eigenvalue weighted by atomic mass is 79.9. The van der Waals surface area contributed by atoms with Crippen molar-refractivity contribution in [1.82, 2.24) is 5.32 Å². The maximum Gasteiger partial charge on any atom is 0.341 e. The lowest BCUT2D eigenvalue weighted by molar-refractivity contribution is -0.118. The van der Waals surface area contributed by atoms with Crippen LogP contribution in [0.5, 0.6) is 0 Å². The number of esters is 1. The molecule has 128 valence electrons. The van der Waals surface area contributed by atoms with E-state index in [0.717, 1.165) is 14.9 Å². The molecule has 0 aliphatic rings. The van der Waals surface area contributed by atoms with Crippen molar-refractivity contribution < 1.29 is 18.7 Å². The lowest BCUT2D eigenvalue weighted by atomic mass is 10.2. The molecule has 2 rings (SSSR count). The van der Waals surface area contributed by atoms with Gasteiger partial charge in [-0.3, -0.25) is 4.79 Å². The average Bonchev–Trinajstić information content (AvgIpc) is 2.92. The standard InChI is InChI=1S/C17H18BrNO4S/c1-10-6-12(18)4-5-15(10)24-9-16(20)19-8-13-7-14(11(2)23-13)17(21)22-3/h4-7H,8-9H2,1-3H3,(H,19,20). The predicted molar refractivity (Wildman–Crippen MR) is 96.2 cm³/mol. The van der Waals surface area contributed by atoms with Crippen molar-refractivity contribution in [1.29, 1.82) is 0 Å². The minimum Gasteiger partial charge on any atom is -0.465 e. The van der Waals surface area contributed by atoms with Crippen molar-refractivity contribution in [2.45, 2.75) is 25.3 Å². The Labute approximate surface area is 153 Å². The van der Waals surface area contributed by atoms with Gasteiger partial charge in [-0.15, -0.1) is 11.8 Å². The smallest absolute Gasteiger partial charge is 0.341 e. The number of hydrogen-bond donors (Lipinski definition) is 1. The van der Waals surface area contributed by atoms with E-state index in [4.69, 9.17) is 4.42 Å². The van der Waals surface area contributed by atoms with E-state index in [2.05, 4.69) is 26.0 Å². The van der Waals surface area contributed by atoms with Gasteiger partial charge in [0.1, 0.15) is 17.1 Å². The molecule has 2 aromatic rings. The van der Waals surface area contributed by atoms with E-state index in [1.54, 1.807) is 13.0 Å². The van der Waals surface area contributed by atoms with Crippen molar-refractivity contribution in [3.8, 4) is 0 Å². The molecule has 1 aromatic carbocycles. The Bertz CT molecular complexity index is 757. The molecule has 0 saturated carbocycles. The van der Waals surface area contributed by atoms with Gasteiger partial charge in [0.2, 0.25) is 5.91 Å². The van der Waals surface area contributed by atoms with Crippen LogP contribution in [0.15, 0.2) is 38.1 Å². The number of ether oxygens (including phenoxy) is 1. The van der Waals surface area contributed by atoms with Crippen molar-refractivity contribution in [2.75, 3.05) is 12.9 Å². The van der Waals surface area contributed by atoms with E-state index in [1.165, 1.54) is 18.9 Å². The van der Waals surface area contributed by atoms with Crippen LogP contribution in [0.4, 0.5) is 0 Å². The first kappa shape index (κ1) is 18.6. The summed E-state index contributed by atoms with van der Waals surface area (Å²) in [6, 6.07) is 7.54. The van der Waals surface area contributed by atoms with E-state index >= 15 is 0 Å². The van der Waals surface area contributed by atoms with Crippen LogP contribution in [0, 0.1) is 13.8 Å². The van der Waals surface area contributed by atoms with Gasteiger partial charge in [0.15, 0.2) is 0 Å². The number of furan rings is 1. The summed E-state index contributed by atoms with van der Waals surface area (Å²) in [6.45, 7) is 3.92. The molecule has 0 spiro atoms. The fourth-order valence-corrected chi connectivity index (χ4v) is 3.41. The van der Waals surface area contributed by atoms with E-state index in [-0.39, 0.29) is 12.5 Å². The lowest BCUT2D eigenvalue weighted by Crippen LogP contribution is -2.24. The summed E-state index contributed by atoms with van der Waals surface area (Å²) in [4.78, 5) is 24.6. The zero-order valence-electron chi connectivity index (χ0n) is 13.6. The van der Waals surface area contributed by atoms with Gasteiger partial charge in [-0.25, -0.2) is 4.79 Å². The number of amides is 1. The number of rotatable bonds is 6. The minimum atomic E-state index is -0.449. The predicted octanol–water partition coefficient (Wildman–Crippen LogP) is 3.85. The van der Waals surface area contributed by atoms with Gasteiger partial charge in [-0.1, -0.05) is 15.9 Å². The molecule has 1 aromatic heterocycles. The van der Waals surface area contributed by atoms with E-state index in [0.29, 0.717) is 22.8 Å². The summed E-state index contributed by atoms with van der Waals surface area (Å²) in [6.07, 6.45) is 0. The molecule has 0 bridgehead atoms. The Morgan fingerprint density at radius 3 is 2.71 bits per heavy atom. The van der Waals surface area contributed by atoms with Crippen molar-refractivity contribution in [2.24, 2.45) is 0 Å². The summed E-state index contributed by atoms with van der Waals surface area (Å²) >= 11 is 4.90. The molecular formula is C17H18BrNO4S. The van der Waals surface area contributed by atoms with Crippen LogP contribution in [0.25, 0.3) is 0 Å². The number of carbonyl (C=O) groups excluding carboxylic acids is 2. The third-order valence-corrected chi connectivity index (χ3v) is 5.00. The zero-order valence-corrected chi connectivity index (χ0v) is 16.0. The Kier molecular flexibility index (Phi) is 6.51. The van der Waals surface area contributed by atoms with E-state index < -0.39 is 5.97 Å². The summed E-state index contributed by atoms with van der Waals surface area (Å²) in [5.41, 5.74) is 1.49. The second-order valence-corrected chi connectivity index (χ2v) is 7.08. The zero-order chi connectivity index (χ0) is 17.7. The third kappa shape index (κ3) is 4.88. The number of benzene rings is 1. The molecule has 1 N–H and O–H groups in total. The van der Waals surface area contributed by atoms with Gasteiger partial charge in [0.05, 0.1) is 19.4 Å². The van der Waals surface area contributed by atoms with Crippen LogP contribution in [0.1, 0.15) is 27.4 Å². The Balaban J connectivity index is 1.86. The number of hydrogen-bond acceptors (Lipinski definition) is 5. The quantitative estimate of drug-likeness (QED) is 0.577. The molecule has 0 aliphatic heterocycles. The fourth-order valence-electron chi connectivity index (χ4n) is 2.10. The Hall–Kier alpha value is -1.73. The van der Waals surface area contributed by atoms with Gasteiger partial charge in [0, 0.05) is 9.37 Å². The van der Waals surface area contributed by atoms with Crippen LogP contribution in [0.3, 0.4) is 0 Å². The highest BCUT2D eigenvalue weighted by molar-refractivity contribution is 9.10. The summed E-state index contributed by atoms with van der Waals surface area (Å²) < 4.78 is 11.1. The number of nitrogens with one attached hydrogen (secondary N) is 1. The molecule has 0 atom stereocenters. The van der Waals surface area contributed by atoms with Gasteiger partial charge in [-0.05, 0) is 43.7 Å². The van der Waals surface area contributed by atoms with Crippen molar-refractivity contribution >= 4 is 39.6 Å². The number of thioether (sulfide) groups is 1. The SMILES string of the molecule is COC(=O)c1cc(CNC(=O)CSc2ccc(Br)cc2C)oc1C. The molecule has 0 aliphatic carbocycles. The molecule has 0 fully saturated rings. The molecular weight excluding hydrogens is 394 g/mol. The maximum absolute atomic E-state index is 12.0. The topological polar surface area (TPSA) is 68.5 Å². The molecule has 1 heterocycles. The van der Waals surface area contributed by atoms with Crippen molar-refractivity contribution in [3.63, 3.8) is 0 Å². The van der Waals surface area contributed by atoms with Gasteiger partial charge in [0.25, 0.3) is 0 Å². The Morgan fingerprint density at radius 1 is 1.29 bits per heavy atom. The molecule has 1 amide bonds. The first-order valence-corrected chi connectivity index (χ1v) is 9.02. The summed E-state index contributed by atoms with van der Waals surface area (Å²) in [5.74, 6) is 0.759. The van der Waals surface area contributed by atoms with E-state index in [1.807, 2.05) is 25.1 Å². The van der Waals surface area contributed by atoms with Gasteiger partial charge >= 0.3 is 5.97 Å². The van der Waals surface area contributed by atoms with Crippen LogP contribution >= 0.6 is 27.7 Å². The molecule has 24 heavy (non-hydrogen) atoms. The van der Waals surface area contributed by atoms with Crippen LogP contribution < -0.4 is 5.32 Å². The average molecular weight is 412 g/mol. The second-order valence-electron chi connectivity index (χ2n) is 5.15. The number of halogens is 1. The fraction of sp³-hybridized carbons (Fsp3) is 0.294. The van der Waals surface area contributed by atoms with Gasteiger partial charge in [-0.2, -0.15) is 0 Å². The molecule has 0 saturated heterocycles. The maximum atomic E-state index is 12.0. The first-order valence-electron chi connectivity index (χ1n) is 7.24. The summed E-state index contributed by atoms with van der Waals surface area (Å²) in [7, 11) is 1.32. The van der Waals surface area contributed by atoms with Crippen LogP contribution in [0.2, 0.25) is 0 Å². The van der Waals surface area contributed by atoms with Crippen molar-refractivity contribution in [3.05, 3.63) is 51.4 Å². The molecule has 0 radical (unpaired) electrons. The highest BCUT2D eigenvalue weighted by Crippen LogP contribution is 2.25. The monoisotopic (exact) mass is 411 g/mol. The lowest BCUT2D eigenvalue weighted by Gasteiger charge is -2.06. The van der Waals surface area contributed by atoms with E-state index in [9.17, 15) is 9.59 Å². The largest absolute Gasteiger partial charge is 0.465 e. The number of methoxy groups -OCH3 is 1. The first-order chi connectivity index (χ1) is 11.4. The second kappa shape index (κ2) is 8.39. The van der Waals surface area contributed by atoms with Crippen LogP contribution in [-0.4, -0.2) is 24.7 Å². The highest BCUT2D eigenvalue weighted by Gasteiger charge is 2.15. The normalized spacial score (nSPS) is 10.5. The molecule has 0 unspecified atom stereocenters. The molecule has 5 nitrogen and oxygen atoms in total. The van der Waals surface area contributed by atoms with Crippen LogP contribution in [-0.2, 0) is 16.1 Å². The molecule has 7 heteroatoms. The van der Waals surface area contributed by atoms with Gasteiger partial charge < -0.3 is 14.5 Å². The summed E-state index contributed by atoms with van der Waals surface area (Å²) in [5, 5.41) is 2.78. The Morgan fingerprint density at radius 2 is 2.04 bits per heavy atom. The third-order valence-electron chi connectivity index (χ3n) is 3.33. The number of carbonyl (C=O) groups is 2. The minimum absolute atomic E-state index is 0.101.